The third-order valence-corrected chi connectivity index (χ3v) is 11.6. The van der Waals surface area contributed by atoms with E-state index >= 15 is 0 Å². The van der Waals surface area contributed by atoms with Crippen LogP contribution in [-0.2, 0) is 51.9 Å². The van der Waals surface area contributed by atoms with Crippen molar-refractivity contribution in [2.75, 3.05) is 115 Å². The van der Waals surface area contributed by atoms with Crippen LogP contribution >= 0.6 is 51.6 Å². The Labute approximate surface area is 426 Å². The lowest BCUT2D eigenvalue weighted by molar-refractivity contribution is 0.403. The zero-order valence-electron chi connectivity index (χ0n) is 45.9. The van der Waals surface area contributed by atoms with E-state index in [1.54, 1.807) is 65.5 Å². The molecule has 0 bridgehead atoms. The van der Waals surface area contributed by atoms with Crippen molar-refractivity contribution in [3.8, 4) is 23.0 Å². The lowest BCUT2D eigenvalue weighted by Gasteiger charge is -2.17. The number of rotatable bonds is 13. The van der Waals surface area contributed by atoms with Crippen molar-refractivity contribution in [1.82, 2.24) is 0 Å². The van der Waals surface area contributed by atoms with Gasteiger partial charge in [0, 0.05) is 133 Å². The Kier molecular flexibility index (Phi) is 46.2. The van der Waals surface area contributed by atoms with Crippen LogP contribution in [0.3, 0.4) is 0 Å². The second-order valence-corrected chi connectivity index (χ2v) is 35.1. The summed E-state index contributed by atoms with van der Waals surface area (Å²) in [5.41, 5.74) is 2.74. The normalized spacial score (nSPS) is 10.7. The molecule has 0 aromatic heterocycles. The Balaban J connectivity index is -0.000000182. The van der Waals surface area contributed by atoms with Crippen molar-refractivity contribution >= 4 is 51.6 Å². The fraction of sp³-hybridized carbons (Fsp3) is 0.510. The van der Waals surface area contributed by atoms with Gasteiger partial charge < -0.3 is 31.7 Å². The first-order chi connectivity index (χ1) is 31.4. The lowest BCUT2D eigenvalue weighted by Crippen LogP contribution is -1.95. The monoisotopic (exact) mass is 1120 g/mol. The van der Waals surface area contributed by atoms with E-state index in [-0.39, 0.29) is 24.7 Å². The Morgan fingerprint density at radius 3 is 0.643 bits per heavy atom. The SMILES string of the molecule is C.CC.CC.CC.COP(C)(C)=O.COP(C)(C)=O.COP(C)(C)=O.CP(C)(=O)Oc1cc(OP(C)(C)=O)cc(OP(C)(C)=O)c1.CP(C)(=O)Oc1ccccc1.c1ccc(Cc2ccccc2)cc1. The maximum absolute atomic E-state index is 11.8. The highest BCUT2D eigenvalue weighted by molar-refractivity contribution is 7.59. The van der Waals surface area contributed by atoms with Gasteiger partial charge in [0.05, 0.1) is 0 Å². The minimum Gasteiger partial charge on any atom is -0.443 e. The van der Waals surface area contributed by atoms with E-state index < -0.39 is 51.6 Å². The molecule has 0 atom stereocenters. The van der Waals surface area contributed by atoms with E-state index in [1.165, 1.54) is 90.6 Å². The molecule has 0 amide bonds. The van der Waals surface area contributed by atoms with Crippen LogP contribution in [0.25, 0.3) is 0 Å². The largest absolute Gasteiger partial charge is 0.443 e. The molecule has 0 aliphatic rings. The van der Waals surface area contributed by atoms with Gasteiger partial charge in [-0.05, 0) is 29.7 Å². The fourth-order valence-corrected chi connectivity index (χ4v) is 6.10. The maximum Gasteiger partial charge on any atom is 0.242 e. The van der Waals surface area contributed by atoms with Crippen molar-refractivity contribution < 1.29 is 63.6 Å². The van der Waals surface area contributed by atoms with Gasteiger partial charge in [-0.15, -0.1) is 0 Å². The first-order valence-corrected chi connectivity index (χ1v) is 39.7. The standard InChI is InChI=1S/C13H12.C12H21O6P3.C8H11O2P.3C3H9O2P.3C2H6.CH4/c1-3-7-12(8-4-1)11-13-9-5-2-6-10-13;1-19(2,13)16-10-7-11(17-20(3,4)14)9-12(8-10)18-21(5,6)15;1-11(2,9)10-8-6-4-3-5-7-8;3*1-5-6(2,3)4;3*1-2;/h1-10H,11H2;7-9H,1-6H3;3-7H,1-2H3;3*1-3H3;3*1-2H3;1H4. The summed E-state index contributed by atoms with van der Waals surface area (Å²) in [6.45, 7) is 33.5. The Morgan fingerprint density at radius 1 is 0.300 bits per heavy atom. The van der Waals surface area contributed by atoms with Gasteiger partial charge in [-0.25, -0.2) is 0 Å². The van der Waals surface area contributed by atoms with Crippen LogP contribution < -0.4 is 18.1 Å². The number of hydrogen-bond donors (Lipinski definition) is 0. The zero-order chi connectivity index (χ0) is 55.3. The van der Waals surface area contributed by atoms with E-state index in [1.807, 2.05) is 59.7 Å². The summed E-state index contributed by atoms with van der Waals surface area (Å²) in [6.07, 6.45) is 1.03. The maximum atomic E-state index is 11.8. The van der Waals surface area contributed by atoms with Gasteiger partial charge in [-0.3, -0.25) is 32.0 Å². The molecule has 0 saturated carbocycles. The van der Waals surface area contributed by atoms with E-state index in [0.717, 1.165) is 6.42 Å². The van der Waals surface area contributed by atoms with Crippen molar-refractivity contribution in [3.63, 3.8) is 0 Å². The molecule has 0 heterocycles. The predicted molar refractivity (Wildman–Crippen MR) is 309 cm³/mol. The highest BCUT2D eigenvalue weighted by Crippen LogP contribution is 2.47. The molecule has 0 saturated heterocycles. The molecule has 21 heteroatoms. The lowest BCUT2D eigenvalue weighted by atomic mass is 10.1. The molecule has 0 fully saturated rings. The summed E-state index contributed by atoms with van der Waals surface area (Å²) in [5, 5.41) is 0. The van der Waals surface area contributed by atoms with Gasteiger partial charge in [0.2, 0.25) is 29.5 Å². The van der Waals surface area contributed by atoms with Crippen LogP contribution in [0.15, 0.2) is 109 Å². The van der Waals surface area contributed by atoms with E-state index in [4.69, 9.17) is 18.1 Å². The summed E-state index contributed by atoms with van der Waals surface area (Å²) in [4.78, 5) is 0. The molecule has 0 aliphatic carbocycles. The molecule has 0 aliphatic heterocycles. The van der Waals surface area contributed by atoms with Crippen molar-refractivity contribution in [1.29, 1.82) is 0 Å². The predicted octanol–water partition coefficient (Wildman–Crippen LogP) is 17.5. The summed E-state index contributed by atoms with van der Waals surface area (Å²) in [5.74, 6) is 1.41. The first kappa shape index (κ1) is 79.0. The van der Waals surface area contributed by atoms with Crippen molar-refractivity contribution in [2.45, 2.75) is 55.4 Å². The number of hydrogen-bond acceptors (Lipinski definition) is 14. The Bertz CT molecular complexity index is 2030. The molecule has 70 heavy (non-hydrogen) atoms. The quantitative estimate of drug-likeness (QED) is 0.115. The third kappa shape index (κ3) is 61.7. The number of para-hydroxylation sites is 1. The van der Waals surface area contributed by atoms with Crippen molar-refractivity contribution in [2.24, 2.45) is 0 Å². The third-order valence-electron chi connectivity index (χ3n) is 6.31. The van der Waals surface area contributed by atoms with Crippen LogP contribution in [0.2, 0.25) is 0 Å². The second-order valence-electron chi connectivity index (χ2n) is 15.8. The van der Waals surface area contributed by atoms with E-state index in [2.05, 4.69) is 74.2 Å². The van der Waals surface area contributed by atoms with Crippen LogP contribution in [-0.4, -0.2) is 115 Å². The van der Waals surface area contributed by atoms with Crippen LogP contribution in [0.1, 0.15) is 60.1 Å². The van der Waals surface area contributed by atoms with Gasteiger partial charge >= 0.3 is 0 Å². The van der Waals surface area contributed by atoms with Gasteiger partial charge in [0.25, 0.3) is 0 Å². The molecule has 0 N–H and O–H groups in total. The van der Waals surface area contributed by atoms with Gasteiger partial charge in [0.1, 0.15) is 23.0 Å². The highest BCUT2D eigenvalue weighted by Gasteiger charge is 2.17. The van der Waals surface area contributed by atoms with E-state index in [9.17, 15) is 32.0 Å². The topological polar surface area (TPSA) is 184 Å². The minimum atomic E-state index is -2.78. The molecule has 4 rings (SSSR count). The zero-order valence-corrected chi connectivity index (χ0v) is 52.2. The summed E-state index contributed by atoms with van der Waals surface area (Å²) >= 11 is 0. The Morgan fingerprint density at radius 2 is 0.471 bits per heavy atom. The minimum absolute atomic E-state index is 0. The van der Waals surface area contributed by atoms with Crippen molar-refractivity contribution in [3.05, 3.63) is 120 Å². The van der Waals surface area contributed by atoms with Crippen LogP contribution in [0.4, 0.5) is 0 Å². The average Bonchev–Trinajstić information content (AvgIpc) is 3.22. The smallest absolute Gasteiger partial charge is 0.242 e. The molecule has 14 nitrogen and oxygen atoms in total. The molecule has 4 aromatic carbocycles. The molecule has 4 aromatic rings. The first-order valence-electron chi connectivity index (χ1n) is 22.0. The second kappa shape index (κ2) is 41.0. The van der Waals surface area contributed by atoms with E-state index in [0.29, 0.717) is 5.75 Å². The highest BCUT2D eigenvalue weighted by atomic mass is 31.2. The fourth-order valence-electron chi connectivity index (χ4n) is 3.63. The molecule has 0 spiro atoms. The average molecular weight is 1120 g/mol. The van der Waals surface area contributed by atoms with Gasteiger partial charge in [0.15, 0.2) is 22.1 Å². The van der Waals surface area contributed by atoms with Gasteiger partial charge in [-0.1, -0.05) is 128 Å². The Hall–Kier alpha value is -2.43. The van der Waals surface area contributed by atoms with Gasteiger partial charge in [-0.2, -0.15) is 0 Å². The molecule has 0 unspecified atom stereocenters. The molecule has 408 valence electrons. The summed E-state index contributed by atoms with van der Waals surface area (Å²) < 4.78 is 112. The number of benzene rings is 4. The van der Waals surface area contributed by atoms with Crippen LogP contribution in [0, 0.1) is 0 Å². The molecular weight excluding hydrogens is 1030 g/mol. The summed E-state index contributed by atoms with van der Waals surface area (Å²) in [6, 6.07) is 34.7. The molecular formula is C49H93O14P7. The van der Waals surface area contributed by atoms with Crippen LogP contribution in [0.5, 0.6) is 23.0 Å². The molecule has 0 radical (unpaired) electrons. The summed E-state index contributed by atoms with van der Waals surface area (Å²) in [7, 11) is -12.8.